The van der Waals surface area contributed by atoms with E-state index in [4.69, 9.17) is 9.68 Å². The molecule has 0 amide bonds. The second-order valence-corrected chi connectivity index (χ2v) is 4.96. The fourth-order valence-corrected chi connectivity index (χ4v) is 2.80. The van der Waals surface area contributed by atoms with Crippen molar-refractivity contribution in [1.82, 2.24) is 0 Å². The van der Waals surface area contributed by atoms with Gasteiger partial charge in [0.25, 0.3) is 0 Å². The van der Waals surface area contributed by atoms with Crippen molar-refractivity contribution in [2.45, 2.75) is 10.6 Å². The SMILES string of the molecule is N#Cc1c(Br)cccc1SCc1ccco1. The summed E-state index contributed by atoms with van der Waals surface area (Å²) in [6, 6.07) is 11.7. The van der Waals surface area contributed by atoms with Gasteiger partial charge in [-0.3, -0.25) is 0 Å². The summed E-state index contributed by atoms with van der Waals surface area (Å²) in [6.07, 6.45) is 1.65. The van der Waals surface area contributed by atoms with E-state index in [0.717, 1.165) is 20.9 Å². The first-order valence-electron chi connectivity index (χ1n) is 4.65. The van der Waals surface area contributed by atoms with E-state index >= 15 is 0 Å². The van der Waals surface area contributed by atoms with Crippen LogP contribution in [0.25, 0.3) is 0 Å². The topological polar surface area (TPSA) is 36.9 Å². The summed E-state index contributed by atoms with van der Waals surface area (Å²) in [4.78, 5) is 0.966. The quantitative estimate of drug-likeness (QED) is 0.796. The summed E-state index contributed by atoms with van der Waals surface area (Å²) in [5.74, 6) is 1.65. The number of halogens is 1. The van der Waals surface area contributed by atoms with Crippen molar-refractivity contribution in [2.24, 2.45) is 0 Å². The minimum atomic E-state index is 0.680. The fraction of sp³-hybridized carbons (Fsp3) is 0.0833. The van der Waals surface area contributed by atoms with Crippen LogP contribution in [0.1, 0.15) is 11.3 Å². The molecule has 1 aromatic heterocycles. The molecule has 0 saturated heterocycles. The molecule has 2 rings (SSSR count). The molecule has 0 fully saturated rings. The lowest BCUT2D eigenvalue weighted by Gasteiger charge is -2.03. The van der Waals surface area contributed by atoms with Crippen LogP contribution in [0, 0.1) is 11.3 Å². The molecule has 0 aliphatic carbocycles. The molecule has 0 aliphatic heterocycles. The second kappa shape index (κ2) is 5.24. The van der Waals surface area contributed by atoms with Crippen LogP contribution in [-0.4, -0.2) is 0 Å². The lowest BCUT2D eigenvalue weighted by Crippen LogP contribution is -1.84. The molecule has 0 spiro atoms. The van der Waals surface area contributed by atoms with Crippen LogP contribution >= 0.6 is 27.7 Å². The molecule has 80 valence electrons. The minimum Gasteiger partial charge on any atom is -0.468 e. The Morgan fingerprint density at radius 2 is 2.19 bits per heavy atom. The van der Waals surface area contributed by atoms with Gasteiger partial charge in [-0.15, -0.1) is 11.8 Å². The van der Waals surface area contributed by atoms with E-state index in [1.807, 2.05) is 30.3 Å². The molecule has 0 unspecified atom stereocenters. The van der Waals surface area contributed by atoms with Crippen LogP contribution in [0.2, 0.25) is 0 Å². The van der Waals surface area contributed by atoms with Crippen molar-refractivity contribution in [3.63, 3.8) is 0 Å². The summed E-state index contributed by atoms with van der Waals surface area (Å²) in [5, 5.41) is 9.04. The molecule has 0 radical (unpaired) electrons. The van der Waals surface area contributed by atoms with Crippen LogP contribution in [0.3, 0.4) is 0 Å². The van der Waals surface area contributed by atoms with Crippen molar-refractivity contribution in [3.05, 3.63) is 52.4 Å². The van der Waals surface area contributed by atoms with Gasteiger partial charge in [-0.25, -0.2) is 0 Å². The van der Waals surface area contributed by atoms with E-state index in [2.05, 4.69) is 22.0 Å². The van der Waals surface area contributed by atoms with Crippen molar-refractivity contribution < 1.29 is 4.42 Å². The number of hydrogen-bond donors (Lipinski definition) is 0. The molecule has 1 heterocycles. The zero-order chi connectivity index (χ0) is 11.4. The largest absolute Gasteiger partial charge is 0.468 e. The number of nitrogens with zero attached hydrogens (tertiary/aromatic N) is 1. The van der Waals surface area contributed by atoms with E-state index in [-0.39, 0.29) is 0 Å². The summed E-state index contributed by atoms with van der Waals surface area (Å²) >= 11 is 4.96. The van der Waals surface area contributed by atoms with E-state index in [0.29, 0.717) is 5.56 Å². The van der Waals surface area contributed by atoms with E-state index in [1.54, 1.807) is 18.0 Å². The van der Waals surface area contributed by atoms with Crippen molar-refractivity contribution >= 4 is 27.7 Å². The van der Waals surface area contributed by atoms with E-state index in [1.165, 1.54) is 0 Å². The number of furan rings is 1. The first kappa shape index (κ1) is 11.3. The van der Waals surface area contributed by atoms with Crippen molar-refractivity contribution in [3.8, 4) is 6.07 Å². The summed E-state index contributed by atoms with van der Waals surface area (Å²) in [6.45, 7) is 0. The summed E-state index contributed by atoms with van der Waals surface area (Å²) in [7, 11) is 0. The smallest absolute Gasteiger partial charge is 0.113 e. The van der Waals surface area contributed by atoms with Gasteiger partial charge in [0.2, 0.25) is 0 Å². The molecule has 4 heteroatoms. The van der Waals surface area contributed by atoms with Gasteiger partial charge in [0, 0.05) is 9.37 Å². The van der Waals surface area contributed by atoms with E-state index < -0.39 is 0 Å². The Morgan fingerprint density at radius 1 is 1.31 bits per heavy atom. The molecule has 0 bridgehead atoms. The zero-order valence-electron chi connectivity index (χ0n) is 8.31. The summed E-state index contributed by atoms with van der Waals surface area (Å²) in [5.41, 5.74) is 0.680. The fourth-order valence-electron chi connectivity index (χ4n) is 1.28. The Hall–Kier alpha value is -1.18. The third-order valence-corrected chi connectivity index (χ3v) is 3.78. The van der Waals surface area contributed by atoms with Gasteiger partial charge < -0.3 is 4.42 Å². The number of hydrogen-bond acceptors (Lipinski definition) is 3. The molecular formula is C12H8BrNOS. The number of thioether (sulfide) groups is 1. The van der Waals surface area contributed by atoms with Gasteiger partial charge in [0.15, 0.2) is 0 Å². The maximum atomic E-state index is 9.04. The lowest BCUT2D eigenvalue weighted by atomic mass is 10.2. The number of rotatable bonds is 3. The van der Waals surface area contributed by atoms with Gasteiger partial charge in [-0.1, -0.05) is 6.07 Å². The van der Waals surface area contributed by atoms with Gasteiger partial charge in [0.1, 0.15) is 11.8 Å². The molecule has 0 saturated carbocycles. The third kappa shape index (κ3) is 2.49. The minimum absolute atomic E-state index is 0.680. The van der Waals surface area contributed by atoms with Crippen molar-refractivity contribution in [2.75, 3.05) is 0 Å². The maximum Gasteiger partial charge on any atom is 0.113 e. The highest BCUT2D eigenvalue weighted by Crippen LogP contribution is 2.30. The molecule has 0 aliphatic rings. The van der Waals surface area contributed by atoms with Crippen LogP contribution < -0.4 is 0 Å². The zero-order valence-corrected chi connectivity index (χ0v) is 10.7. The highest BCUT2D eigenvalue weighted by Gasteiger charge is 2.07. The highest BCUT2D eigenvalue weighted by molar-refractivity contribution is 9.10. The molecule has 0 N–H and O–H groups in total. The Balaban J connectivity index is 2.16. The van der Waals surface area contributed by atoms with Crippen molar-refractivity contribution in [1.29, 1.82) is 5.26 Å². The van der Waals surface area contributed by atoms with Crippen LogP contribution in [0.15, 0.2) is 50.4 Å². The first-order valence-corrected chi connectivity index (χ1v) is 6.43. The highest BCUT2D eigenvalue weighted by atomic mass is 79.9. The second-order valence-electron chi connectivity index (χ2n) is 3.09. The van der Waals surface area contributed by atoms with Crippen LogP contribution in [-0.2, 0) is 5.75 Å². The van der Waals surface area contributed by atoms with Crippen LogP contribution in [0.4, 0.5) is 0 Å². The monoisotopic (exact) mass is 293 g/mol. The molecule has 0 atom stereocenters. The normalized spacial score (nSPS) is 10.0. The maximum absolute atomic E-state index is 9.04. The average molecular weight is 294 g/mol. The molecule has 2 aromatic rings. The molecule has 1 aromatic carbocycles. The van der Waals surface area contributed by atoms with Crippen LogP contribution in [0.5, 0.6) is 0 Å². The third-order valence-electron chi connectivity index (χ3n) is 2.04. The first-order chi connectivity index (χ1) is 7.81. The van der Waals surface area contributed by atoms with Gasteiger partial charge >= 0.3 is 0 Å². The predicted molar refractivity (Wildman–Crippen MR) is 67.1 cm³/mol. The van der Waals surface area contributed by atoms with Gasteiger partial charge in [-0.2, -0.15) is 5.26 Å². The predicted octanol–water partition coefficient (Wildman–Crippen LogP) is 4.21. The average Bonchev–Trinajstić information content (AvgIpc) is 2.79. The Kier molecular flexibility index (Phi) is 3.70. The number of benzene rings is 1. The Labute approximate surface area is 106 Å². The van der Waals surface area contributed by atoms with Gasteiger partial charge in [-0.05, 0) is 40.2 Å². The number of nitriles is 1. The Morgan fingerprint density at radius 3 is 2.88 bits per heavy atom. The van der Waals surface area contributed by atoms with Gasteiger partial charge in [0.05, 0.1) is 17.6 Å². The standard InChI is InChI=1S/C12H8BrNOS/c13-11-4-1-5-12(10(11)7-14)16-8-9-3-2-6-15-9/h1-6H,8H2. The van der Waals surface area contributed by atoms with E-state index in [9.17, 15) is 0 Å². The lowest BCUT2D eigenvalue weighted by molar-refractivity contribution is 0.530. The molecule has 16 heavy (non-hydrogen) atoms. The molecule has 2 nitrogen and oxygen atoms in total. The Bertz CT molecular complexity index is 516. The molecular weight excluding hydrogens is 286 g/mol. The summed E-state index contributed by atoms with van der Waals surface area (Å²) < 4.78 is 6.08.